The summed E-state index contributed by atoms with van der Waals surface area (Å²) in [4.78, 5) is 18.5. The van der Waals surface area contributed by atoms with Gasteiger partial charge in [-0.2, -0.15) is 0 Å². The Morgan fingerprint density at radius 3 is 2.76 bits per heavy atom. The molecule has 2 heterocycles. The largest absolute Gasteiger partial charge is 0.353 e. The Morgan fingerprint density at radius 1 is 1.47 bits per heavy atom. The number of amidine groups is 1. The van der Waals surface area contributed by atoms with Gasteiger partial charge in [0.15, 0.2) is 5.17 Å². The van der Waals surface area contributed by atoms with Crippen LogP contribution < -0.4 is 5.32 Å². The number of hydrogen-bond acceptors (Lipinski definition) is 4. The van der Waals surface area contributed by atoms with Gasteiger partial charge in [-0.25, -0.2) is 0 Å². The van der Waals surface area contributed by atoms with Crippen LogP contribution in [0, 0.1) is 0 Å². The fraction of sp³-hybridized carbons (Fsp3) is 0.833. The van der Waals surface area contributed by atoms with Crippen LogP contribution in [0.3, 0.4) is 0 Å². The maximum atomic E-state index is 12.2. The average molecular weight is 255 g/mol. The molecular weight excluding hydrogens is 234 g/mol. The summed E-state index contributed by atoms with van der Waals surface area (Å²) >= 11 is 1.73. The topological polar surface area (TPSA) is 44.7 Å². The van der Waals surface area contributed by atoms with E-state index >= 15 is 0 Å². The molecule has 1 saturated heterocycles. The van der Waals surface area contributed by atoms with Crippen LogP contribution >= 0.6 is 11.8 Å². The number of piperidine rings is 1. The predicted octanol–water partition coefficient (Wildman–Crippen LogP) is 1.47. The number of likely N-dealkylation sites (tertiary alicyclic amines) is 1. The Bertz CT molecular complexity index is 313. The zero-order valence-electron chi connectivity index (χ0n) is 10.6. The first-order valence-electron chi connectivity index (χ1n) is 6.43. The maximum absolute atomic E-state index is 12.2. The van der Waals surface area contributed by atoms with Gasteiger partial charge in [0, 0.05) is 18.3 Å². The highest BCUT2D eigenvalue weighted by atomic mass is 32.2. The molecule has 0 aromatic rings. The van der Waals surface area contributed by atoms with E-state index in [4.69, 9.17) is 0 Å². The smallest absolute Gasteiger partial charge is 0.244 e. The summed E-state index contributed by atoms with van der Waals surface area (Å²) < 4.78 is 0. The molecule has 1 amide bonds. The highest BCUT2D eigenvalue weighted by Gasteiger charge is 2.24. The van der Waals surface area contributed by atoms with Crippen molar-refractivity contribution in [1.29, 1.82) is 0 Å². The van der Waals surface area contributed by atoms with Crippen LogP contribution in [0.2, 0.25) is 0 Å². The molecule has 1 fully saturated rings. The van der Waals surface area contributed by atoms with Crippen LogP contribution in [0.1, 0.15) is 33.1 Å². The van der Waals surface area contributed by atoms with Crippen molar-refractivity contribution in [3.05, 3.63) is 0 Å². The molecule has 1 N–H and O–H groups in total. The molecule has 17 heavy (non-hydrogen) atoms. The molecule has 2 unspecified atom stereocenters. The van der Waals surface area contributed by atoms with E-state index in [1.54, 1.807) is 11.8 Å². The van der Waals surface area contributed by atoms with Crippen LogP contribution in [0.15, 0.2) is 4.99 Å². The number of hydrogen-bond donors (Lipinski definition) is 1. The number of carbonyl (C=O) groups is 1. The van der Waals surface area contributed by atoms with Crippen molar-refractivity contribution in [2.75, 3.05) is 19.6 Å². The molecule has 0 spiro atoms. The molecule has 0 aromatic carbocycles. The van der Waals surface area contributed by atoms with E-state index in [-0.39, 0.29) is 11.9 Å². The summed E-state index contributed by atoms with van der Waals surface area (Å²) in [5, 5.41) is 4.69. The van der Waals surface area contributed by atoms with Gasteiger partial charge in [-0.3, -0.25) is 9.79 Å². The molecule has 0 aliphatic carbocycles. The molecule has 2 rings (SSSR count). The minimum Gasteiger partial charge on any atom is -0.353 e. The lowest BCUT2D eigenvalue weighted by molar-refractivity contribution is -0.133. The fourth-order valence-electron chi connectivity index (χ4n) is 2.19. The van der Waals surface area contributed by atoms with Crippen molar-refractivity contribution in [2.45, 2.75) is 44.4 Å². The van der Waals surface area contributed by atoms with Gasteiger partial charge in [-0.1, -0.05) is 18.7 Å². The highest BCUT2D eigenvalue weighted by Crippen LogP contribution is 2.19. The van der Waals surface area contributed by atoms with E-state index in [2.05, 4.69) is 17.2 Å². The number of nitrogens with one attached hydrogen (secondary N) is 1. The average Bonchev–Trinajstić information content (AvgIpc) is 2.75. The van der Waals surface area contributed by atoms with Gasteiger partial charge in [0.2, 0.25) is 5.91 Å². The lowest BCUT2D eigenvalue weighted by Crippen LogP contribution is -2.47. The van der Waals surface area contributed by atoms with E-state index in [0.717, 1.165) is 37.6 Å². The lowest BCUT2D eigenvalue weighted by Gasteiger charge is -2.29. The summed E-state index contributed by atoms with van der Waals surface area (Å²) in [6.45, 7) is 6.78. The van der Waals surface area contributed by atoms with Crippen molar-refractivity contribution in [3.8, 4) is 0 Å². The van der Waals surface area contributed by atoms with Crippen LogP contribution in [0.5, 0.6) is 0 Å². The third-order valence-electron chi connectivity index (χ3n) is 3.18. The Morgan fingerprint density at radius 2 is 2.18 bits per heavy atom. The minimum atomic E-state index is -0.148. The first kappa shape index (κ1) is 12.7. The Kier molecular flexibility index (Phi) is 4.31. The summed E-state index contributed by atoms with van der Waals surface area (Å²) in [6, 6.07) is -0.148. The monoisotopic (exact) mass is 255 g/mol. The third-order valence-corrected chi connectivity index (χ3v) is 4.20. The Balaban J connectivity index is 1.82. The quantitative estimate of drug-likeness (QED) is 0.812. The van der Waals surface area contributed by atoms with E-state index in [1.165, 1.54) is 6.42 Å². The van der Waals surface area contributed by atoms with Gasteiger partial charge in [-0.15, -0.1) is 0 Å². The zero-order chi connectivity index (χ0) is 12.3. The summed E-state index contributed by atoms with van der Waals surface area (Å²) in [6.07, 6.45) is 3.54. The van der Waals surface area contributed by atoms with Crippen LogP contribution in [0.4, 0.5) is 0 Å². The first-order valence-corrected chi connectivity index (χ1v) is 7.31. The standard InChI is InChI=1S/C12H21N3OS/c1-9-8-13-12(17-9)14-10(2)11(16)15-6-4-3-5-7-15/h9-10H,3-8H2,1-2H3,(H,13,14). The zero-order valence-corrected chi connectivity index (χ0v) is 11.4. The summed E-state index contributed by atoms with van der Waals surface area (Å²) in [5.74, 6) is 0.215. The normalized spacial score (nSPS) is 26.6. The summed E-state index contributed by atoms with van der Waals surface area (Å²) in [5.41, 5.74) is 0. The van der Waals surface area contributed by atoms with Gasteiger partial charge < -0.3 is 10.2 Å². The van der Waals surface area contributed by atoms with Gasteiger partial charge >= 0.3 is 0 Å². The maximum Gasteiger partial charge on any atom is 0.244 e. The number of aliphatic imine (C=N–C) groups is 1. The molecule has 96 valence electrons. The van der Waals surface area contributed by atoms with Crippen LogP contribution in [-0.2, 0) is 4.79 Å². The number of thioether (sulfide) groups is 1. The van der Waals surface area contributed by atoms with E-state index in [0.29, 0.717) is 5.25 Å². The van der Waals surface area contributed by atoms with Crippen molar-refractivity contribution in [3.63, 3.8) is 0 Å². The van der Waals surface area contributed by atoms with Gasteiger partial charge in [0.1, 0.15) is 6.04 Å². The number of carbonyl (C=O) groups excluding carboxylic acids is 1. The third kappa shape index (κ3) is 3.37. The lowest BCUT2D eigenvalue weighted by atomic mass is 10.1. The molecule has 0 saturated carbocycles. The fourth-order valence-corrected chi connectivity index (χ4v) is 3.12. The van der Waals surface area contributed by atoms with Crippen LogP contribution in [0.25, 0.3) is 0 Å². The molecule has 4 nitrogen and oxygen atoms in total. The Labute approximate surface area is 107 Å². The van der Waals surface area contributed by atoms with E-state index in [9.17, 15) is 4.79 Å². The molecule has 2 aliphatic heterocycles. The second-order valence-corrected chi connectivity index (χ2v) is 6.25. The van der Waals surface area contributed by atoms with Crippen molar-refractivity contribution >= 4 is 22.8 Å². The molecule has 2 aliphatic rings. The molecule has 0 aromatic heterocycles. The van der Waals surface area contributed by atoms with Gasteiger partial charge in [-0.05, 0) is 26.2 Å². The second kappa shape index (κ2) is 5.76. The van der Waals surface area contributed by atoms with E-state index < -0.39 is 0 Å². The molecule has 0 radical (unpaired) electrons. The first-order chi connectivity index (χ1) is 8.16. The number of nitrogens with zero attached hydrogens (tertiary/aromatic N) is 2. The molecule has 0 bridgehead atoms. The second-order valence-electron chi connectivity index (χ2n) is 4.83. The van der Waals surface area contributed by atoms with Crippen molar-refractivity contribution in [1.82, 2.24) is 10.2 Å². The van der Waals surface area contributed by atoms with Crippen molar-refractivity contribution in [2.24, 2.45) is 4.99 Å². The number of rotatable bonds is 2. The van der Waals surface area contributed by atoms with Gasteiger partial charge in [0.05, 0.1) is 6.54 Å². The van der Waals surface area contributed by atoms with Gasteiger partial charge in [0.25, 0.3) is 0 Å². The molecule has 5 heteroatoms. The SMILES string of the molecule is CC1CN=C(NC(C)C(=O)N2CCCCC2)S1. The predicted molar refractivity (Wildman–Crippen MR) is 72.4 cm³/mol. The summed E-state index contributed by atoms with van der Waals surface area (Å²) in [7, 11) is 0. The highest BCUT2D eigenvalue weighted by molar-refractivity contribution is 8.14. The molecular formula is C12H21N3OS. The Hall–Kier alpha value is -0.710. The molecule has 2 atom stereocenters. The minimum absolute atomic E-state index is 0.148. The van der Waals surface area contributed by atoms with E-state index in [1.807, 2.05) is 11.8 Å². The van der Waals surface area contributed by atoms with Crippen LogP contribution in [-0.4, -0.2) is 46.9 Å². The number of amides is 1. The van der Waals surface area contributed by atoms with Crippen molar-refractivity contribution < 1.29 is 4.79 Å².